The standard InChI is InChI=1S/C19H38N4O3.HI/c1-16(2)18(23-7-11-24-12-8-23)13-22-19(20-3)21-6-4-9-25-14-17-5-10-26-15-17;/h16-18H,4-15H2,1-3H3,(H2,20,21,22);1H. The van der Waals surface area contributed by atoms with Crippen molar-refractivity contribution in [2.24, 2.45) is 16.8 Å². The van der Waals surface area contributed by atoms with Crippen LogP contribution in [-0.2, 0) is 14.2 Å². The smallest absolute Gasteiger partial charge is 0.191 e. The van der Waals surface area contributed by atoms with Gasteiger partial charge in [0.25, 0.3) is 0 Å². The Bertz CT molecular complexity index is 400. The maximum Gasteiger partial charge on any atom is 0.191 e. The molecular weight excluding hydrogens is 459 g/mol. The Morgan fingerprint density at radius 3 is 2.59 bits per heavy atom. The van der Waals surface area contributed by atoms with Crippen molar-refractivity contribution in [2.45, 2.75) is 32.7 Å². The van der Waals surface area contributed by atoms with E-state index in [1.54, 1.807) is 0 Å². The van der Waals surface area contributed by atoms with Gasteiger partial charge in [0.1, 0.15) is 0 Å². The predicted octanol–water partition coefficient (Wildman–Crippen LogP) is 1.57. The maximum absolute atomic E-state index is 5.74. The van der Waals surface area contributed by atoms with Crippen LogP contribution in [0.2, 0.25) is 0 Å². The summed E-state index contributed by atoms with van der Waals surface area (Å²) < 4.78 is 16.6. The lowest BCUT2D eigenvalue weighted by Gasteiger charge is -2.37. The van der Waals surface area contributed by atoms with Crippen LogP contribution in [0.5, 0.6) is 0 Å². The summed E-state index contributed by atoms with van der Waals surface area (Å²) in [5, 5.41) is 6.87. The Labute approximate surface area is 182 Å². The van der Waals surface area contributed by atoms with Crippen molar-refractivity contribution in [1.82, 2.24) is 15.5 Å². The molecule has 2 rings (SSSR count). The second-order valence-electron chi connectivity index (χ2n) is 7.50. The van der Waals surface area contributed by atoms with Gasteiger partial charge in [0.05, 0.1) is 26.4 Å². The summed E-state index contributed by atoms with van der Waals surface area (Å²) in [7, 11) is 1.82. The highest BCUT2D eigenvalue weighted by molar-refractivity contribution is 14.0. The number of ether oxygens (including phenoxy) is 3. The van der Waals surface area contributed by atoms with Crippen molar-refractivity contribution in [3.63, 3.8) is 0 Å². The fourth-order valence-electron chi connectivity index (χ4n) is 3.46. The van der Waals surface area contributed by atoms with E-state index in [0.29, 0.717) is 17.9 Å². The highest BCUT2D eigenvalue weighted by Gasteiger charge is 2.23. The van der Waals surface area contributed by atoms with E-state index < -0.39 is 0 Å². The number of hydrogen-bond acceptors (Lipinski definition) is 5. The lowest BCUT2D eigenvalue weighted by Crippen LogP contribution is -2.52. The van der Waals surface area contributed by atoms with Crippen LogP contribution in [0.4, 0.5) is 0 Å². The van der Waals surface area contributed by atoms with Crippen LogP contribution in [-0.4, -0.2) is 89.8 Å². The number of halogens is 1. The van der Waals surface area contributed by atoms with Gasteiger partial charge in [-0.1, -0.05) is 13.8 Å². The number of nitrogens with one attached hydrogen (secondary N) is 2. The lowest BCUT2D eigenvalue weighted by atomic mass is 10.0. The molecule has 0 aromatic carbocycles. The Morgan fingerprint density at radius 1 is 1.19 bits per heavy atom. The Kier molecular flexibility index (Phi) is 13.6. The fourth-order valence-corrected chi connectivity index (χ4v) is 3.46. The van der Waals surface area contributed by atoms with Crippen LogP contribution in [0.15, 0.2) is 4.99 Å². The minimum Gasteiger partial charge on any atom is -0.381 e. The molecular formula is C19H39IN4O3. The maximum atomic E-state index is 5.74. The van der Waals surface area contributed by atoms with Crippen LogP contribution in [0.25, 0.3) is 0 Å². The van der Waals surface area contributed by atoms with E-state index in [1.807, 2.05) is 7.05 Å². The lowest BCUT2D eigenvalue weighted by molar-refractivity contribution is 0.00752. The molecule has 0 aliphatic carbocycles. The molecule has 0 amide bonds. The van der Waals surface area contributed by atoms with Gasteiger partial charge in [-0.2, -0.15) is 0 Å². The minimum atomic E-state index is 0. The molecule has 2 aliphatic heterocycles. The van der Waals surface area contributed by atoms with E-state index in [2.05, 4.69) is 34.4 Å². The van der Waals surface area contributed by atoms with Gasteiger partial charge in [-0.3, -0.25) is 9.89 Å². The van der Waals surface area contributed by atoms with Gasteiger partial charge < -0.3 is 24.8 Å². The Morgan fingerprint density at radius 2 is 1.96 bits per heavy atom. The van der Waals surface area contributed by atoms with Crippen LogP contribution in [0, 0.1) is 11.8 Å². The van der Waals surface area contributed by atoms with E-state index in [9.17, 15) is 0 Å². The van der Waals surface area contributed by atoms with Crippen LogP contribution in [0.1, 0.15) is 26.7 Å². The number of hydrogen-bond donors (Lipinski definition) is 2. The van der Waals surface area contributed by atoms with Crippen LogP contribution < -0.4 is 10.6 Å². The van der Waals surface area contributed by atoms with Gasteiger partial charge >= 0.3 is 0 Å². The zero-order valence-corrected chi connectivity index (χ0v) is 19.6. The van der Waals surface area contributed by atoms with Crippen molar-refractivity contribution in [3.05, 3.63) is 0 Å². The molecule has 0 aromatic rings. The molecule has 2 heterocycles. The summed E-state index contributed by atoms with van der Waals surface area (Å²) in [6.07, 6.45) is 2.11. The first-order chi connectivity index (χ1) is 12.7. The summed E-state index contributed by atoms with van der Waals surface area (Å²) in [6, 6.07) is 0.495. The van der Waals surface area contributed by atoms with E-state index in [0.717, 1.165) is 84.6 Å². The zero-order chi connectivity index (χ0) is 18.6. The van der Waals surface area contributed by atoms with E-state index >= 15 is 0 Å². The topological polar surface area (TPSA) is 67.4 Å². The van der Waals surface area contributed by atoms with Crippen molar-refractivity contribution < 1.29 is 14.2 Å². The summed E-state index contributed by atoms with van der Waals surface area (Å²) in [4.78, 5) is 6.86. The third-order valence-corrected chi connectivity index (χ3v) is 5.12. The number of aliphatic imine (C=N–C) groups is 1. The highest BCUT2D eigenvalue weighted by Crippen LogP contribution is 2.13. The van der Waals surface area contributed by atoms with Gasteiger partial charge in [-0.25, -0.2) is 0 Å². The van der Waals surface area contributed by atoms with Crippen molar-refractivity contribution in [3.8, 4) is 0 Å². The Balaban J connectivity index is 0.00000364. The SMILES string of the molecule is CN=C(NCCCOCC1CCOC1)NCC(C(C)C)N1CCOCC1.I. The molecule has 0 spiro atoms. The van der Waals surface area contributed by atoms with Crippen molar-refractivity contribution in [1.29, 1.82) is 0 Å². The molecule has 0 aromatic heterocycles. The molecule has 0 bridgehead atoms. The van der Waals surface area contributed by atoms with E-state index in [-0.39, 0.29) is 24.0 Å². The third-order valence-electron chi connectivity index (χ3n) is 5.12. The largest absolute Gasteiger partial charge is 0.381 e. The summed E-state index contributed by atoms with van der Waals surface area (Å²) >= 11 is 0. The highest BCUT2D eigenvalue weighted by atomic mass is 127. The predicted molar refractivity (Wildman–Crippen MR) is 120 cm³/mol. The quantitative estimate of drug-likeness (QED) is 0.206. The molecule has 2 atom stereocenters. The second kappa shape index (κ2) is 14.8. The molecule has 2 N–H and O–H groups in total. The van der Waals surface area contributed by atoms with Crippen LogP contribution in [0.3, 0.4) is 0 Å². The minimum absolute atomic E-state index is 0. The summed E-state index contributed by atoms with van der Waals surface area (Å²) in [6.45, 7) is 13.4. The summed E-state index contributed by atoms with van der Waals surface area (Å²) in [5.41, 5.74) is 0. The zero-order valence-electron chi connectivity index (χ0n) is 17.2. The molecule has 2 fully saturated rings. The number of guanidine groups is 1. The first kappa shape index (κ1) is 24.9. The molecule has 2 aliphatic rings. The molecule has 2 unspecified atom stereocenters. The van der Waals surface area contributed by atoms with Gasteiger partial charge in [-0.15, -0.1) is 24.0 Å². The normalized spacial score (nSPS) is 22.5. The molecule has 160 valence electrons. The van der Waals surface area contributed by atoms with E-state index in [4.69, 9.17) is 14.2 Å². The molecule has 27 heavy (non-hydrogen) atoms. The summed E-state index contributed by atoms with van der Waals surface area (Å²) in [5.74, 6) is 2.05. The Hall–Kier alpha value is -0.160. The molecule has 0 saturated carbocycles. The van der Waals surface area contributed by atoms with Gasteiger partial charge in [0.2, 0.25) is 0 Å². The second-order valence-corrected chi connectivity index (χ2v) is 7.50. The molecule has 8 heteroatoms. The van der Waals surface area contributed by atoms with Gasteiger partial charge in [0.15, 0.2) is 5.96 Å². The molecule has 7 nitrogen and oxygen atoms in total. The van der Waals surface area contributed by atoms with Gasteiger partial charge in [-0.05, 0) is 18.8 Å². The molecule has 0 radical (unpaired) electrons. The number of rotatable bonds is 10. The van der Waals surface area contributed by atoms with Gasteiger partial charge in [0, 0.05) is 58.4 Å². The number of nitrogens with zero attached hydrogens (tertiary/aromatic N) is 2. The van der Waals surface area contributed by atoms with E-state index in [1.165, 1.54) is 0 Å². The van der Waals surface area contributed by atoms with Crippen molar-refractivity contribution in [2.75, 3.05) is 72.9 Å². The average Bonchev–Trinajstić information content (AvgIpc) is 3.17. The fraction of sp³-hybridized carbons (Fsp3) is 0.947. The van der Waals surface area contributed by atoms with Crippen molar-refractivity contribution >= 4 is 29.9 Å². The first-order valence-corrected chi connectivity index (χ1v) is 10.1. The molecule has 2 saturated heterocycles. The van der Waals surface area contributed by atoms with Crippen LogP contribution >= 0.6 is 24.0 Å². The average molecular weight is 498 g/mol. The first-order valence-electron chi connectivity index (χ1n) is 10.1. The number of morpholine rings is 1. The third kappa shape index (κ3) is 9.74. The monoisotopic (exact) mass is 498 g/mol.